The third kappa shape index (κ3) is 8.66. The Labute approximate surface area is 188 Å². The Kier molecular flexibility index (Phi) is 12.0. The molecule has 1 saturated carbocycles. The number of aliphatic hydroxyl groups is 1. The molecule has 0 unspecified atom stereocenters. The van der Waals surface area contributed by atoms with E-state index in [1.165, 1.54) is 43.2 Å². The first-order valence-corrected chi connectivity index (χ1v) is 10.4. The van der Waals surface area contributed by atoms with Crippen LogP contribution in [0.2, 0.25) is 0 Å². The van der Waals surface area contributed by atoms with Crippen LogP contribution in [0.15, 0.2) is 29.3 Å². The SMILES string of the molecule is CCNC(=NCc1cccc(CN(C)C)c1)NCC1(CCO)CCCCC1.I. The predicted molar refractivity (Wildman–Crippen MR) is 129 cm³/mol. The number of nitrogens with zero attached hydrogens (tertiary/aromatic N) is 2. The van der Waals surface area contributed by atoms with Crippen LogP contribution in [0.4, 0.5) is 0 Å². The van der Waals surface area contributed by atoms with Crippen molar-refractivity contribution in [2.75, 3.05) is 33.8 Å². The molecule has 160 valence electrons. The molecule has 6 heteroatoms. The molecule has 28 heavy (non-hydrogen) atoms. The molecule has 1 aromatic rings. The van der Waals surface area contributed by atoms with Crippen LogP contribution in [0.1, 0.15) is 56.6 Å². The van der Waals surface area contributed by atoms with Gasteiger partial charge in [0.2, 0.25) is 0 Å². The largest absolute Gasteiger partial charge is 0.396 e. The third-order valence-corrected chi connectivity index (χ3v) is 5.44. The molecule has 1 fully saturated rings. The monoisotopic (exact) mass is 502 g/mol. The van der Waals surface area contributed by atoms with Gasteiger partial charge in [-0.15, -0.1) is 24.0 Å². The average Bonchev–Trinajstić information content (AvgIpc) is 2.65. The van der Waals surface area contributed by atoms with Crippen molar-refractivity contribution in [2.24, 2.45) is 10.4 Å². The van der Waals surface area contributed by atoms with E-state index >= 15 is 0 Å². The number of benzene rings is 1. The summed E-state index contributed by atoms with van der Waals surface area (Å²) in [5, 5.41) is 16.4. The lowest BCUT2D eigenvalue weighted by molar-refractivity contribution is 0.131. The highest BCUT2D eigenvalue weighted by Gasteiger charge is 2.31. The molecule has 0 amide bonds. The Hall–Kier alpha value is -0.860. The number of guanidine groups is 1. The zero-order chi connectivity index (χ0) is 19.5. The molecule has 0 bridgehead atoms. The lowest BCUT2D eigenvalue weighted by Crippen LogP contribution is -2.44. The molecule has 0 aromatic heterocycles. The van der Waals surface area contributed by atoms with Gasteiger partial charge in [0.05, 0.1) is 6.54 Å². The Morgan fingerprint density at radius 1 is 1.14 bits per heavy atom. The van der Waals surface area contributed by atoms with E-state index in [0.29, 0.717) is 6.54 Å². The molecule has 0 saturated heterocycles. The highest BCUT2D eigenvalue weighted by molar-refractivity contribution is 14.0. The lowest BCUT2D eigenvalue weighted by Gasteiger charge is -2.37. The number of halogens is 1. The molecule has 1 aromatic carbocycles. The Morgan fingerprint density at radius 3 is 2.50 bits per heavy atom. The molecule has 0 heterocycles. The van der Waals surface area contributed by atoms with Gasteiger partial charge in [0.1, 0.15) is 0 Å². The van der Waals surface area contributed by atoms with Gasteiger partial charge >= 0.3 is 0 Å². The fourth-order valence-electron chi connectivity index (χ4n) is 4.03. The highest BCUT2D eigenvalue weighted by atomic mass is 127. The lowest BCUT2D eigenvalue weighted by atomic mass is 9.72. The number of rotatable bonds is 9. The zero-order valence-electron chi connectivity index (χ0n) is 17.8. The fourth-order valence-corrected chi connectivity index (χ4v) is 4.03. The average molecular weight is 502 g/mol. The normalized spacial score (nSPS) is 16.5. The Bertz CT molecular complexity index is 580. The molecule has 0 atom stereocenters. The van der Waals surface area contributed by atoms with Gasteiger partial charge in [-0.05, 0) is 56.8 Å². The van der Waals surface area contributed by atoms with Gasteiger partial charge < -0.3 is 20.6 Å². The van der Waals surface area contributed by atoms with Crippen molar-refractivity contribution in [1.82, 2.24) is 15.5 Å². The summed E-state index contributed by atoms with van der Waals surface area (Å²) in [6.07, 6.45) is 7.15. The van der Waals surface area contributed by atoms with Crippen LogP contribution in [-0.2, 0) is 13.1 Å². The van der Waals surface area contributed by atoms with E-state index in [2.05, 4.69) is 60.8 Å². The summed E-state index contributed by atoms with van der Waals surface area (Å²) in [6.45, 7) is 5.72. The molecular formula is C22H39IN4O. The number of aliphatic hydroxyl groups excluding tert-OH is 1. The second-order valence-corrected chi connectivity index (χ2v) is 8.14. The number of nitrogens with one attached hydrogen (secondary N) is 2. The van der Waals surface area contributed by atoms with Crippen molar-refractivity contribution < 1.29 is 5.11 Å². The zero-order valence-corrected chi connectivity index (χ0v) is 20.2. The smallest absolute Gasteiger partial charge is 0.191 e. The molecule has 5 nitrogen and oxygen atoms in total. The maximum Gasteiger partial charge on any atom is 0.191 e. The van der Waals surface area contributed by atoms with Crippen molar-refractivity contribution in [2.45, 2.75) is 58.5 Å². The molecule has 3 N–H and O–H groups in total. The number of hydrogen-bond acceptors (Lipinski definition) is 3. The van der Waals surface area contributed by atoms with E-state index in [9.17, 15) is 5.11 Å². The van der Waals surface area contributed by atoms with Crippen molar-refractivity contribution in [1.29, 1.82) is 0 Å². The van der Waals surface area contributed by atoms with E-state index in [4.69, 9.17) is 4.99 Å². The van der Waals surface area contributed by atoms with Gasteiger partial charge in [-0.2, -0.15) is 0 Å². The van der Waals surface area contributed by atoms with E-state index in [1.54, 1.807) is 0 Å². The van der Waals surface area contributed by atoms with Crippen LogP contribution < -0.4 is 10.6 Å². The molecule has 1 aliphatic rings. The molecule has 0 radical (unpaired) electrons. The first kappa shape index (κ1) is 25.2. The van der Waals surface area contributed by atoms with Gasteiger partial charge in [-0.1, -0.05) is 43.5 Å². The van der Waals surface area contributed by atoms with Gasteiger partial charge in [0.15, 0.2) is 5.96 Å². The van der Waals surface area contributed by atoms with Crippen molar-refractivity contribution >= 4 is 29.9 Å². The maximum absolute atomic E-state index is 9.52. The minimum atomic E-state index is 0. The first-order valence-electron chi connectivity index (χ1n) is 10.4. The number of hydrogen-bond donors (Lipinski definition) is 3. The first-order chi connectivity index (χ1) is 13.1. The second kappa shape index (κ2) is 13.4. The summed E-state index contributed by atoms with van der Waals surface area (Å²) in [5.74, 6) is 0.874. The van der Waals surface area contributed by atoms with Crippen LogP contribution in [0.25, 0.3) is 0 Å². The van der Waals surface area contributed by atoms with Crippen molar-refractivity contribution in [3.8, 4) is 0 Å². The number of aliphatic imine (C=N–C) groups is 1. The minimum absolute atomic E-state index is 0. The van der Waals surface area contributed by atoms with Crippen LogP contribution in [0.3, 0.4) is 0 Å². The van der Waals surface area contributed by atoms with Crippen molar-refractivity contribution in [3.63, 3.8) is 0 Å². The second-order valence-electron chi connectivity index (χ2n) is 8.14. The quantitative estimate of drug-likeness (QED) is 0.274. The van der Waals surface area contributed by atoms with Gasteiger partial charge in [0.25, 0.3) is 0 Å². The summed E-state index contributed by atoms with van der Waals surface area (Å²) < 4.78 is 0. The van der Waals surface area contributed by atoms with E-state index < -0.39 is 0 Å². The molecule has 1 aliphatic carbocycles. The van der Waals surface area contributed by atoms with Crippen LogP contribution >= 0.6 is 24.0 Å². The third-order valence-electron chi connectivity index (χ3n) is 5.44. The summed E-state index contributed by atoms with van der Waals surface area (Å²) in [4.78, 5) is 6.98. The molecular weight excluding hydrogens is 463 g/mol. The Balaban J connectivity index is 0.00000392. The minimum Gasteiger partial charge on any atom is -0.396 e. The molecule has 0 spiro atoms. The van der Waals surface area contributed by atoms with Gasteiger partial charge in [-0.3, -0.25) is 0 Å². The van der Waals surface area contributed by atoms with E-state index in [0.717, 1.165) is 32.0 Å². The van der Waals surface area contributed by atoms with E-state index in [1.807, 2.05) is 0 Å². The molecule has 0 aliphatic heterocycles. The van der Waals surface area contributed by atoms with Crippen LogP contribution in [-0.4, -0.2) is 49.8 Å². The standard InChI is InChI=1S/C22H38N4O.HI/c1-4-23-21(25-18-22(13-14-27)11-6-5-7-12-22)24-16-19-9-8-10-20(15-19)17-26(2)3;/h8-10,15,27H,4-7,11-14,16-18H2,1-3H3,(H2,23,24,25);1H. The Morgan fingerprint density at radius 2 is 1.86 bits per heavy atom. The van der Waals surface area contributed by atoms with Crippen LogP contribution in [0, 0.1) is 5.41 Å². The predicted octanol–water partition coefficient (Wildman–Crippen LogP) is 3.75. The summed E-state index contributed by atoms with van der Waals surface area (Å²) in [6, 6.07) is 8.66. The van der Waals surface area contributed by atoms with Crippen molar-refractivity contribution in [3.05, 3.63) is 35.4 Å². The summed E-state index contributed by atoms with van der Waals surface area (Å²) >= 11 is 0. The topological polar surface area (TPSA) is 59.9 Å². The van der Waals surface area contributed by atoms with Crippen LogP contribution in [0.5, 0.6) is 0 Å². The van der Waals surface area contributed by atoms with Gasteiger partial charge in [-0.25, -0.2) is 4.99 Å². The van der Waals surface area contributed by atoms with E-state index in [-0.39, 0.29) is 36.0 Å². The highest BCUT2D eigenvalue weighted by Crippen LogP contribution is 2.38. The fraction of sp³-hybridized carbons (Fsp3) is 0.682. The summed E-state index contributed by atoms with van der Waals surface area (Å²) in [5.41, 5.74) is 2.76. The molecule has 2 rings (SSSR count). The van der Waals surface area contributed by atoms with Gasteiger partial charge in [0, 0.05) is 26.2 Å². The summed E-state index contributed by atoms with van der Waals surface area (Å²) in [7, 11) is 4.18. The maximum atomic E-state index is 9.52.